The fraction of sp³-hybridized carbons (Fsp3) is 0.174. The van der Waals surface area contributed by atoms with Crippen molar-refractivity contribution in [3.63, 3.8) is 0 Å². The smallest absolute Gasteiger partial charge is 0.315 e. The standard InChI is InChI=1S/C23H23N5O2/c24-19-6-1-2-7-21(19)27-22(29)16-8-10-18-15(13-16)9-11-20(18)28-23(30)26-14-17-5-3-4-12-25-17/h1-8,10,12-13,20H,9,11,14,24H2,(H,27,29)(H2,26,28,30). The number of pyridine rings is 1. The quantitative estimate of drug-likeness (QED) is 0.491. The minimum atomic E-state index is -0.236. The lowest BCUT2D eigenvalue weighted by molar-refractivity contribution is 0.102. The molecule has 1 aromatic heterocycles. The molecule has 3 amide bonds. The van der Waals surface area contributed by atoms with E-state index in [9.17, 15) is 9.59 Å². The van der Waals surface area contributed by atoms with Crippen LogP contribution in [0.25, 0.3) is 0 Å². The number of nitrogens with zero attached hydrogens (tertiary/aromatic N) is 1. The summed E-state index contributed by atoms with van der Waals surface area (Å²) in [7, 11) is 0. The van der Waals surface area contributed by atoms with Crippen LogP contribution in [0.5, 0.6) is 0 Å². The summed E-state index contributed by atoms with van der Waals surface area (Å²) < 4.78 is 0. The van der Waals surface area contributed by atoms with Crippen molar-refractivity contribution in [3.05, 3.63) is 89.2 Å². The normalized spacial score (nSPS) is 14.6. The maximum atomic E-state index is 12.6. The molecule has 2 aromatic carbocycles. The predicted octanol–water partition coefficient (Wildman–Crippen LogP) is 3.40. The van der Waals surface area contributed by atoms with Gasteiger partial charge in [0.1, 0.15) is 0 Å². The first kappa shape index (κ1) is 19.4. The van der Waals surface area contributed by atoms with Gasteiger partial charge in [-0.25, -0.2) is 4.79 Å². The maximum absolute atomic E-state index is 12.6. The minimum Gasteiger partial charge on any atom is -0.397 e. The van der Waals surface area contributed by atoms with Crippen LogP contribution in [0, 0.1) is 0 Å². The molecule has 30 heavy (non-hydrogen) atoms. The number of aryl methyl sites for hydroxylation is 1. The number of para-hydroxylation sites is 2. The Morgan fingerprint density at radius 3 is 2.70 bits per heavy atom. The second-order valence-corrected chi connectivity index (χ2v) is 7.19. The summed E-state index contributed by atoms with van der Waals surface area (Å²) >= 11 is 0. The van der Waals surface area contributed by atoms with Crippen LogP contribution in [-0.2, 0) is 13.0 Å². The van der Waals surface area contributed by atoms with E-state index < -0.39 is 0 Å². The van der Waals surface area contributed by atoms with Gasteiger partial charge in [-0.1, -0.05) is 24.3 Å². The Morgan fingerprint density at radius 2 is 1.90 bits per heavy atom. The molecule has 4 rings (SSSR count). The summed E-state index contributed by atoms with van der Waals surface area (Å²) in [5, 5.41) is 8.68. The highest BCUT2D eigenvalue weighted by molar-refractivity contribution is 6.05. The average molecular weight is 401 g/mol. The Balaban J connectivity index is 1.38. The monoisotopic (exact) mass is 401 g/mol. The van der Waals surface area contributed by atoms with E-state index in [1.165, 1.54) is 0 Å². The van der Waals surface area contributed by atoms with Gasteiger partial charge < -0.3 is 21.7 Å². The maximum Gasteiger partial charge on any atom is 0.315 e. The van der Waals surface area contributed by atoms with E-state index in [2.05, 4.69) is 20.9 Å². The molecule has 1 unspecified atom stereocenters. The van der Waals surface area contributed by atoms with E-state index in [0.717, 1.165) is 29.7 Å². The lowest BCUT2D eigenvalue weighted by Crippen LogP contribution is -2.37. The van der Waals surface area contributed by atoms with Gasteiger partial charge in [0.25, 0.3) is 5.91 Å². The van der Waals surface area contributed by atoms with Crippen LogP contribution in [-0.4, -0.2) is 16.9 Å². The van der Waals surface area contributed by atoms with Crippen molar-refractivity contribution in [2.75, 3.05) is 11.1 Å². The van der Waals surface area contributed by atoms with E-state index in [0.29, 0.717) is 23.5 Å². The van der Waals surface area contributed by atoms with E-state index >= 15 is 0 Å². The molecule has 0 saturated heterocycles. The summed E-state index contributed by atoms with van der Waals surface area (Å²) in [5.74, 6) is -0.208. The molecule has 7 nitrogen and oxygen atoms in total. The summed E-state index contributed by atoms with van der Waals surface area (Å²) in [5.41, 5.74) is 10.5. The second-order valence-electron chi connectivity index (χ2n) is 7.19. The molecule has 0 saturated carbocycles. The number of amides is 3. The van der Waals surface area contributed by atoms with Gasteiger partial charge in [-0.3, -0.25) is 9.78 Å². The number of fused-ring (bicyclic) bond motifs is 1. The molecular formula is C23H23N5O2. The molecule has 7 heteroatoms. The van der Waals surface area contributed by atoms with Crippen LogP contribution < -0.4 is 21.7 Å². The Bertz CT molecular complexity index is 1070. The van der Waals surface area contributed by atoms with Crippen LogP contribution in [0.1, 0.15) is 39.6 Å². The Morgan fingerprint density at radius 1 is 1.07 bits per heavy atom. The molecule has 1 heterocycles. The number of aromatic nitrogens is 1. The number of hydrogen-bond acceptors (Lipinski definition) is 4. The van der Waals surface area contributed by atoms with Gasteiger partial charge in [-0.15, -0.1) is 0 Å². The number of nitrogen functional groups attached to an aromatic ring is 1. The molecule has 0 bridgehead atoms. The fourth-order valence-electron chi connectivity index (χ4n) is 3.60. The van der Waals surface area contributed by atoms with Crippen LogP contribution >= 0.6 is 0 Å². The van der Waals surface area contributed by atoms with E-state index in [1.54, 1.807) is 24.4 Å². The van der Waals surface area contributed by atoms with Crippen LogP contribution in [0.2, 0.25) is 0 Å². The number of benzene rings is 2. The third-order valence-corrected chi connectivity index (χ3v) is 5.15. The summed E-state index contributed by atoms with van der Waals surface area (Å²) in [6.45, 7) is 0.369. The number of anilines is 2. The zero-order valence-corrected chi connectivity index (χ0v) is 16.4. The Kier molecular flexibility index (Phi) is 5.61. The van der Waals surface area contributed by atoms with Gasteiger partial charge in [-0.2, -0.15) is 0 Å². The largest absolute Gasteiger partial charge is 0.397 e. The van der Waals surface area contributed by atoms with Gasteiger partial charge in [0, 0.05) is 11.8 Å². The number of urea groups is 1. The molecule has 5 N–H and O–H groups in total. The first-order chi connectivity index (χ1) is 14.6. The first-order valence-electron chi connectivity index (χ1n) is 9.83. The molecule has 0 radical (unpaired) electrons. The number of rotatable bonds is 5. The summed E-state index contributed by atoms with van der Waals surface area (Å²) in [6.07, 6.45) is 3.29. The molecule has 3 aromatic rings. The SMILES string of the molecule is Nc1ccccc1NC(=O)c1ccc2c(c1)CCC2NC(=O)NCc1ccccn1. The average Bonchev–Trinajstić information content (AvgIpc) is 3.16. The van der Waals surface area contributed by atoms with Crippen LogP contribution in [0.15, 0.2) is 66.9 Å². The molecule has 0 fully saturated rings. The van der Waals surface area contributed by atoms with Gasteiger partial charge in [0.05, 0.1) is 29.7 Å². The number of nitrogens with one attached hydrogen (secondary N) is 3. The van der Waals surface area contributed by atoms with Gasteiger partial charge >= 0.3 is 6.03 Å². The molecular weight excluding hydrogens is 378 g/mol. The zero-order chi connectivity index (χ0) is 20.9. The highest BCUT2D eigenvalue weighted by atomic mass is 16.2. The lowest BCUT2D eigenvalue weighted by atomic mass is 10.0. The van der Waals surface area contributed by atoms with Crippen molar-refractivity contribution >= 4 is 23.3 Å². The Hall–Kier alpha value is -3.87. The topological polar surface area (TPSA) is 109 Å². The second kappa shape index (κ2) is 8.65. The predicted molar refractivity (Wildman–Crippen MR) is 116 cm³/mol. The first-order valence-corrected chi connectivity index (χ1v) is 9.83. The van der Waals surface area contributed by atoms with Crippen LogP contribution in [0.4, 0.5) is 16.2 Å². The highest BCUT2D eigenvalue weighted by Crippen LogP contribution is 2.32. The summed E-state index contributed by atoms with van der Waals surface area (Å²) in [4.78, 5) is 29.1. The minimum absolute atomic E-state index is 0.0781. The fourth-order valence-corrected chi connectivity index (χ4v) is 3.60. The van der Waals surface area contributed by atoms with Crippen molar-refractivity contribution in [1.82, 2.24) is 15.6 Å². The van der Waals surface area contributed by atoms with E-state index in [-0.39, 0.29) is 18.0 Å². The van der Waals surface area contributed by atoms with Crippen molar-refractivity contribution in [2.24, 2.45) is 0 Å². The number of nitrogens with two attached hydrogens (primary N) is 1. The lowest BCUT2D eigenvalue weighted by Gasteiger charge is -2.15. The molecule has 1 aliphatic rings. The van der Waals surface area contributed by atoms with E-state index in [4.69, 9.17) is 5.73 Å². The molecule has 152 valence electrons. The third kappa shape index (κ3) is 4.41. The van der Waals surface area contributed by atoms with Gasteiger partial charge in [-0.05, 0) is 60.4 Å². The van der Waals surface area contributed by atoms with Gasteiger partial charge in [0.15, 0.2) is 0 Å². The third-order valence-electron chi connectivity index (χ3n) is 5.15. The summed E-state index contributed by atoms with van der Waals surface area (Å²) in [6, 6.07) is 18.0. The number of carbonyl (C=O) groups excluding carboxylic acids is 2. The van der Waals surface area contributed by atoms with Crippen molar-refractivity contribution in [1.29, 1.82) is 0 Å². The van der Waals surface area contributed by atoms with E-state index in [1.807, 2.05) is 42.5 Å². The number of hydrogen-bond donors (Lipinski definition) is 4. The molecule has 0 spiro atoms. The highest BCUT2D eigenvalue weighted by Gasteiger charge is 2.25. The number of carbonyl (C=O) groups is 2. The molecule has 0 aliphatic heterocycles. The Labute approximate surface area is 174 Å². The van der Waals surface area contributed by atoms with Crippen molar-refractivity contribution in [2.45, 2.75) is 25.4 Å². The zero-order valence-electron chi connectivity index (χ0n) is 16.4. The molecule has 1 aliphatic carbocycles. The van der Waals surface area contributed by atoms with Gasteiger partial charge in [0.2, 0.25) is 0 Å². The van der Waals surface area contributed by atoms with Crippen molar-refractivity contribution in [3.8, 4) is 0 Å². The van der Waals surface area contributed by atoms with Crippen molar-refractivity contribution < 1.29 is 9.59 Å². The molecule has 1 atom stereocenters. The van der Waals surface area contributed by atoms with Crippen LogP contribution in [0.3, 0.4) is 0 Å².